The Bertz CT molecular complexity index is 704. The molecule has 1 aliphatic rings. The number of aliphatic imine (C=N–C) groups is 1. The van der Waals surface area contributed by atoms with Crippen LogP contribution in [0.3, 0.4) is 0 Å². The Labute approximate surface area is 147 Å². The number of hydrogen-bond acceptors (Lipinski definition) is 4. The summed E-state index contributed by atoms with van der Waals surface area (Å²) in [5, 5.41) is 1.05. The van der Waals surface area contributed by atoms with Crippen LogP contribution in [-0.2, 0) is 13.1 Å². The highest BCUT2D eigenvalue weighted by Crippen LogP contribution is 2.33. The van der Waals surface area contributed by atoms with Crippen molar-refractivity contribution in [3.8, 4) is 11.5 Å². The Morgan fingerprint density at radius 1 is 1.04 bits per heavy atom. The summed E-state index contributed by atoms with van der Waals surface area (Å²) >= 11 is 1.69. The lowest BCUT2D eigenvalue weighted by atomic mass is 10.1. The summed E-state index contributed by atoms with van der Waals surface area (Å²) < 4.78 is 10.9. The molecule has 0 saturated heterocycles. The lowest BCUT2D eigenvalue weighted by molar-refractivity contribution is 0.174. The maximum atomic E-state index is 5.50. The molecule has 3 rings (SSSR count). The van der Waals surface area contributed by atoms with Gasteiger partial charge in [-0.3, -0.25) is 4.99 Å². The first-order chi connectivity index (χ1) is 11.8. The zero-order chi connectivity index (χ0) is 16.8. The summed E-state index contributed by atoms with van der Waals surface area (Å²) in [6.07, 6.45) is 2.08. The highest BCUT2D eigenvalue weighted by molar-refractivity contribution is 8.13. The second kappa shape index (κ2) is 8.11. The van der Waals surface area contributed by atoms with Gasteiger partial charge in [-0.1, -0.05) is 48.2 Å². The Hall–Kier alpha value is -2.14. The molecule has 0 atom stereocenters. The number of fused-ring (bicyclic) bond motifs is 1. The van der Waals surface area contributed by atoms with Crippen molar-refractivity contribution in [1.82, 2.24) is 4.90 Å². The van der Waals surface area contributed by atoms with Gasteiger partial charge in [0.2, 0.25) is 6.79 Å². The molecule has 2 aromatic carbocycles. The van der Waals surface area contributed by atoms with E-state index in [9.17, 15) is 0 Å². The van der Waals surface area contributed by atoms with E-state index in [2.05, 4.69) is 59.5 Å². The third kappa shape index (κ3) is 4.03. The molecule has 0 aliphatic carbocycles. The van der Waals surface area contributed by atoms with Gasteiger partial charge in [0.05, 0.1) is 0 Å². The fourth-order valence-electron chi connectivity index (χ4n) is 2.68. The predicted octanol–water partition coefficient (Wildman–Crippen LogP) is 4.16. The van der Waals surface area contributed by atoms with Crippen molar-refractivity contribution in [2.75, 3.05) is 19.6 Å². The predicted molar refractivity (Wildman–Crippen MR) is 99.7 cm³/mol. The first kappa shape index (κ1) is 16.7. The van der Waals surface area contributed by atoms with Gasteiger partial charge in [0.1, 0.15) is 0 Å². The number of hydrogen-bond donors (Lipinski definition) is 0. The van der Waals surface area contributed by atoms with E-state index in [1.165, 1.54) is 11.1 Å². The van der Waals surface area contributed by atoms with Crippen LogP contribution in [0.5, 0.6) is 11.5 Å². The summed E-state index contributed by atoms with van der Waals surface area (Å²) in [6.45, 7) is 4.76. The van der Waals surface area contributed by atoms with E-state index in [0.717, 1.165) is 36.3 Å². The normalized spacial score (nSPS) is 13.2. The van der Waals surface area contributed by atoms with E-state index in [0.29, 0.717) is 6.79 Å². The molecule has 0 bridgehead atoms. The minimum atomic E-state index is 0.305. The largest absolute Gasteiger partial charge is 0.454 e. The van der Waals surface area contributed by atoms with Crippen molar-refractivity contribution in [3.63, 3.8) is 0 Å². The zero-order valence-electron chi connectivity index (χ0n) is 14.1. The fourth-order valence-corrected chi connectivity index (χ4v) is 3.33. The Kier molecular flexibility index (Phi) is 5.64. The minimum absolute atomic E-state index is 0.305. The SMILES string of the molecule is CCN=C(SC)N(Cc1ccccc1)Cc1ccc2c(c1)OCO2. The molecule has 2 aromatic rings. The third-order valence-corrected chi connectivity index (χ3v) is 4.53. The molecular formula is C19H22N2O2S. The molecule has 0 unspecified atom stereocenters. The van der Waals surface area contributed by atoms with Gasteiger partial charge in [0, 0.05) is 19.6 Å². The highest BCUT2D eigenvalue weighted by atomic mass is 32.2. The van der Waals surface area contributed by atoms with Crippen LogP contribution < -0.4 is 9.47 Å². The molecule has 0 saturated carbocycles. The van der Waals surface area contributed by atoms with Crippen LogP contribution in [0.1, 0.15) is 18.1 Å². The molecule has 0 fully saturated rings. The van der Waals surface area contributed by atoms with Crippen LogP contribution in [0, 0.1) is 0 Å². The van der Waals surface area contributed by atoms with Crippen molar-refractivity contribution < 1.29 is 9.47 Å². The lowest BCUT2D eigenvalue weighted by Crippen LogP contribution is -2.28. The molecule has 1 heterocycles. The summed E-state index contributed by atoms with van der Waals surface area (Å²) in [5.74, 6) is 1.64. The fraction of sp³-hybridized carbons (Fsp3) is 0.316. The molecule has 24 heavy (non-hydrogen) atoms. The molecule has 0 aromatic heterocycles. The topological polar surface area (TPSA) is 34.1 Å². The molecule has 4 nitrogen and oxygen atoms in total. The first-order valence-corrected chi connectivity index (χ1v) is 9.28. The standard InChI is InChI=1S/C19H22N2O2S/c1-3-20-19(24-2)21(12-15-7-5-4-6-8-15)13-16-9-10-17-18(11-16)23-14-22-17/h4-11H,3,12-14H2,1-2H3. The summed E-state index contributed by atoms with van der Waals surface area (Å²) in [4.78, 5) is 6.96. The second-order valence-electron chi connectivity index (χ2n) is 5.49. The van der Waals surface area contributed by atoms with E-state index in [1.807, 2.05) is 12.1 Å². The molecule has 5 heteroatoms. The van der Waals surface area contributed by atoms with Crippen LogP contribution in [0.15, 0.2) is 53.5 Å². The van der Waals surface area contributed by atoms with Crippen molar-refractivity contribution in [3.05, 3.63) is 59.7 Å². The maximum absolute atomic E-state index is 5.50. The maximum Gasteiger partial charge on any atom is 0.231 e. The molecule has 126 valence electrons. The van der Waals surface area contributed by atoms with Crippen molar-refractivity contribution >= 4 is 16.9 Å². The molecule has 0 spiro atoms. The number of thioether (sulfide) groups is 1. The second-order valence-corrected chi connectivity index (χ2v) is 6.26. The third-order valence-electron chi connectivity index (χ3n) is 3.77. The first-order valence-electron chi connectivity index (χ1n) is 8.06. The Morgan fingerprint density at radius 2 is 1.79 bits per heavy atom. The van der Waals surface area contributed by atoms with Crippen LogP contribution in [0.25, 0.3) is 0 Å². The Balaban J connectivity index is 1.82. The van der Waals surface area contributed by atoms with Crippen molar-refractivity contribution in [2.24, 2.45) is 4.99 Å². The minimum Gasteiger partial charge on any atom is -0.454 e. The van der Waals surface area contributed by atoms with Gasteiger partial charge < -0.3 is 14.4 Å². The molecule has 0 radical (unpaired) electrons. The van der Waals surface area contributed by atoms with E-state index in [1.54, 1.807) is 11.8 Å². The van der Waals surface area contributed by atoms with E-state index in [-0.39, 0.29) is 0 Å². The van der Waals surface area contributed by atoms with Gasteiger partial charge in [-0.15, -0.1) is 0 Å². The van der Waals surface area contributed by atoms with Crippen molar-refractivity contribution in [2.45, 2.75) is 20.0 Å². The average Bonchev–Trinajstić information content (AvgIpc) is 3.08. The molecular weight excluding hydrogens is 320 g/mol. The number of nitrogens with zero attached hydrogens (tertiary/aromatic N) is 2. The van der Waals surface area contributed by atoms with E-state index >= 15 is 0 Å². The van der Waals surface area contributed by atoms with Gasteiger partial charge >= 0.3 is 0 Å². The van der Waals surface area contributed by atoms with Crippen LogP contribution >= 0.6 is 11.8 Å². The highest BCUT2D eigenvalue weighted by Gasteiger charge is 2.16. The summed E-state index contributed by atoms with van der Waals surface area (Å²) in [5.41, 5.74) is 2.46. The van der Waals surface area contributed by atoms with Crippen LogP contribution in [0.2, 0.25) is 0 Å². The quantitative estimate of drug-likeness (QED) is 0.604. The van der Waals surface area contributed by atoms with Gasteiger partial charge in [0.25, 0.3) is 0 Å². The van der Waals surface area contributed by atoms with Crippen molar-refractivity contribution in [1.29, 1.82) is 0 Å². The van der Waals surface area contributed by atoms with Gasteiger partial charge in [-0.2, -0.15) is 0 Å². The molecule has 1 aliphatic heterocycles. The molecule has 0 N–H and O–H groups in total. The number of benzene rings is 2. The number of amidine groups is 1. The smallest absolute Gasteiger partial charge is 0.231 e. The van der Waals surface area contributed by atoms with Gasteiger partial charge in [-0.05, 0) is 36.4 Å². The number of ether oxygens (including phenoxy) is 2. The van der Waals surface area contributed by atoms with Gasteiger partial charge in [0.15, 0.2) is 16.7 Å². The zero-order valence-corrected chi connectivity index (χ0v) is 14.9. The molecule has 0 amide bonds. The van der Waals surface area contributed by atoms with E-state index in [4.69, 9.17) is 9.47 Å². The average molecular weight is 342 g/mol. The summed E-state index contributed by atoms with van der Waals surface area (Å²) in [7, 11) is 0. The van der Waals surface area contributed by atoms with E-state index < -0.39 is 0 Å². The Morgan fingerprint density at radius 3 is 2.54 bits per heavy atom. The lowest BCUT2D eigenvalue weighted by Gasteiger charge is -2.25. The van der Waals surface area contributed by atoms with Crippen LogP contribution in [0.4, 0.5) is 0 Å². The van der Waals surface area contributed by atoms with Gasteiger partial charge in [-0.25, -0.2) is 0 Å². The summed E-state index contributed by atoms with van der Waals surface area (Å²) in [6, 6.07) is 16.6. The number of rotatable bonds is 5. The van der Waals surface area contributed by atoms with Crippen LogP contribution in [-0.4, -0.2) is 29.7 Å². The monoisotopic (exact) mass is 342 g/mol.